The summed E-state index contributed by atoms with van der Waals surface area (Å²) < 4.78 is 65.0. The number of benzene rings is 1. The molecule has 2 saturated heterocycles. The van der Waals surface area contributed by atoms with Crippen LogP contribution < -0.4 is 20.7 Å². The van der Waals surface area contributed by atoms with Crippen LogP contribution in [0.4, 0.5) is 29.2 Å². The standard InChI is InChI=1S/C28H32ClF4N7O/c1-14-8-19(34)36-24(21(14)28(31,32)33)20-18(29)9-17-23(22(20)30)37-26(41-13-27(6-7-27)12-39(2)3)38-25(17)40-10-15-4-5-16(11-40)35-15/h8-9,15-16,35H,4-7,10-13H2,1-3H3,(H2,34,36). The van der Waals surface area contributed by atoms with E-state index in [4.69, 9.17) is 27.1 Å². The Morgan fingerprint density at radius 1 is 1.15 bits per heavy atom. The summed E-state index contributed by atoms with van der Waals surface area (Å²) in [5.41, 5.74) is 3.13. The van der Waals surface area contributed by atoms with Crippen molar-refractivity contribution in [2.24, 2.45) is 5.41 Å². The molecule has 41 heavy (non-hydrogen) atoms. The molecule has 3 N–H and O–H groups in total. The van der Waals surface area contributed by atoms with Crippen LogP contribution in [0.15, 0.2) is 12.1 Å². The molecular weight excluding hydrogens is 562 g/mol. The molecule has 3 aliphatic rings. The third-order valence-electron chi connectivity index (χ3n) is 8.23. The number of anilines is 2. The van der Waals surface area contributed by atoms with Gasteiger partial charge in [-0.25, -0.2) is 9.37 Å². The molecule has 6 rings (SSSR count). The van der Waals surface area contributed by atoms with Gasteiger partial charge in [0.15, 0.2) is 5.82 Å². The predicted molar refractivity (Wildman–Crippen MR) is 150 cm³/mol. The lowest BCUT2D eigenvalue weighted by Crippen LogP contribution is -2.51. The number of hydrogen-bond donors (Lipinski definition) is 2. The second-order valence-electron chi connectivity index (χ2n) is 11.9. The van der Waals surface area contributed by atoms with E-state index < -0.39 is 28.8 Å². The van der Waals surface area contributed by atoms with Gasteiger partial charge < -0.3 is 25.6 Å². The molecule has 3 aromatic rings. The summed E-state index contributed by atoms with van der Waals surface area (Å²) in [5.74, 6) is -0.766. The van der Waals surface area contributed by atoms with Gasteiger partial charge in [-0.3, -0.25) is 0 Å². The van der Waals surface area contributed by atoms with Crippen molar-refractivity contribution in [3.63, 3.8) is 0 Å². The Kier molecular flexibility index (Phi) is 6.94. The molecule has 0 spiro atoms. The lowest BCUT2D eigenvalue weighted by Gasteiger charge is -2.34. The van der Waals surface area contributed by atoms with Crippen LogP contribution in [0.1, 0.15) is 36.8 Å². The highest BCUT2D eigenvalue weighted by molar-refractivity contribution is 6.34. The van der Waals surface area contributed by atoms with E-state index in [1.54, 1.807) is 0 Å². The summed E-state index contributed by atoms with van der Waals surface area (Å²) in [5, 5.41) is 3.62. The van der Waals surface area contributed by atoms with Crippen molar-refractivity contribution in [1.29, 1.82) is 0 Å². The normalized spacial score (nSPS) is 21.6. The average molecular weight is 594 g/mol. The largest absolute Gasteiger partial charge is 0.463 e. The van der Waals surface area contributed by atoms with Gasteiger partial charge in [0.2, 0.25) is 0 Å². The maximum Gasteiger partial charge on any atom is 0.418 e. The number of hydrogen-bond acceptors (Lipinski definition) is 8. The highest BCUT2D eigenvalue weighted by Gasteiger charge is 2.44. The average Bonchev–Trinajstić information content (AvgIpc) is 3.54. The van der Waals surface area contributed by atoms with Gasteiger partial charge >= 0.3 is 12.2 Å². The van der Waals surface area contributed by atoms with E-state index in [0.29, 0.717) is 30.9 Å². The van der Waals surface area contributed by atoms with Gasteiger partial charge in [-0.15, -0.1) is 0 Å². The third kappa shape index (κ3) is 5.37. The Hall–Kier alpha value is -2.96. The fraction of sp³-hybridized carbons (Fsp3) is 0.536. The quantitative estimate of drug-likeness (QED) is 0.368. The van der Waals surface area contributed by atoms with Crippen LogP contribution in [-0.4, -0.2) is 72.3 Å². The van der Waals surface area contributed by atoms with Crippen molar-refractivity contribution in [3.8, 4) is 17.3 Å². The van der Waals surface area contributed by atoms with Gasteiger partial charge in [0.05, 0.1) is 28.5 Å². The minimum Gasteiger partial charge on any atom is -0.463 e. The molecule has 3 fully saturated rings. The molecule has 1 aliphatic carbocycles. The summed E-state index contributed by atoms with van der Waals surface area (Å²) in [6.45, 7) is 3.70. The zero-order valence-corrected chi connectivity index (χ0v) is 23.8. The first kappa shape index (κ1) is 28.2. The highest BCUT2D eigenvalue weighted by atomic mass is 35.5. The van der Waals surface area contributed by atoms with E-state index in [1.165, 1.54) is 13.0 Å². The van der Waals surface area contributed by atoms with E-state index >= 15 is 4.39 Å². The summed E-state index contributed by atoms with van der Waals surface area (Å²) in [6, 6.07) is 3.01. The number of piperazine rings is 1. The Balaban J connectivity index is 1.51. The lowest BCUT2D eigenvalue weighted by molar-refractivity contribution is -0.137. The van der Waals surface area contributed by atoms with Gasteiger partial charge in [0.1, 0.15) is 17.2 Å². The third-order valence-corrected chi connectivity index (χ3v) is 8.53. The second kappa shape index (κ2) is 10.1. The molecule has 2 bridgehead atoms. The molecule has 13 heteroatoms. The maximum atomic E-state index is 16.5. The van der Waals surface area contributed by atoms with Crippen LogP contribution in [-0.2, 0) is 6.18 Å². The molecule has 8 nitrogen and oxygen atoms in total. The van der Waals surface area contributed by atoms with Crippen LogP contribution in [0.25, 0.3) is 22.2 Å². The smallest absolute Gasteiger partial charge is 0.418 e. The summed E-state index contributed by atoms with van der Waals surface area (Å²) in [6.07, 6.45) is -0.814. The van der Waals surface area contributed by atoms with Crippen molar-refractivity contribution in [3.05, 3.63) is 34.1 Å². The first-order valence-corrected chi connectivity index (χ1v) is 14.0. The van der Waals surface area contributed by atoms with Crippen molar-refractivity contribution in [2.45, 2.75) is 50.9 Å². The monoisotopic (exact) mass is 593 g/mol. The number of nitrogen functional groups attached to an aromatic ring is 1. The van der Waals surface area contributed by atoms with Crippen molar-refractivity contribution < 1.29 is 22.3 Å². The van der Waals surface area contributed by atoms with E-state index in [0.717, 1.165) is 38.3 Å². The van der Waals surface area contributed by atoms with Gasteiger partial charge in [0.25, 0.3) is 0 Å². The van der Waals surface area contributed by atoms with E-state index in [2.05, 4.69) is 25.1 Å². The molecular formula is C28H32ClF4N7O. The maximum absolute atomic E-state index is 16.5. The molecule has 220 valence electrons. The fourth-order valence-electron chi connectivity index (χ4n) is 6.30. The topological polar surface area (TPSA) is 92.4 Å². The number of rotatable bonds is 7. The molecule has 2 atom stereocenters. The predicted octanol–water partition coefficient (Wildman–Crippen LogP) is 5.05. The first-order chi connectivity index (χ1) is 19.3. The minimum atomic E-state index is -4.82. The minimum absolute atomic E-state index is 0.0247. The van der Waals surface area contributed by atoms with Crippen LogP contribution in [0, 0.1) is 18.2 Å². The number of alkyl halides is 3. The van der Waals surface area contributed by atoms with E-state index in [9.17, 15) is 13.2 Å². The molecule has 0 amide bonds. The number of aryl methyl sites for hydroxylation is 1. The molecule has 1 aromatic carbocycles. The second-order valence-corrected chi connectivity index (χ2v) is 12.3. The molecule has 0 radical (unpaired) electrons. The number of nitrogens with two attached hydrogens (primary N) is 1. The van der Waals surface area contributed by atoms with E-state index in [-0.39, 0.29) is 45.4 Å². The molecule has 2 unspecified atom stereocenters. The van der Waals surface area contributed by atoms with Crippen LogP contribution in [0.2, 0.25) is 5.02 Å². The zero-order chi connectivity index (χ0) is 29.3. The van der Waals surface area contributed by atoms with Gasteiger partial charge in [0, 0.05) is 42.5 Å². The number of nitrogens with one attached hydrogen (secondary N) is 1. The van der Waals surface area contributed by atoms with E-state index in [1.807, 2.05) is 14.1 Å². The molecule has 1 saturated carbocycles. The Labute approximate surface area is 240 Å². The van der Waals surface area contributed by atoms with Crippen LogP contribution in [0.5, 0.6) is 6.01 Å². The Bertz CT molecular complexity index is 1500. The van der Waals surface area contributed by atoms with Crippen molar-refractivity contribution in [2.75, 3.05) is 51.0 Å². The number of nitrogens with zero attached hydrogens (tertiary/aromatic N) is 5. The fourth-order valence-corrected chi connectivity index (χ4v) is 6.58. The van der Waals surface area contributed by atoms with Crippen LogP contribution in [0.3, 0.4) is 0 Å². The Morgan fingerprint density at radius 3 is 2.44 bits per heavy atom. The number of halogens is 5. The highest BCUT2D eigenvalue weighted by Crippen LogP contribution is 2.47. The Morgan fingerprint density at radius 2 is 1.83 bits per heavy atom. The van der Waals surface area contributed by atoms with Gasteiger partial charge in [-0.2, -0.15) is 23.1 Å². The zero-order valence-electron chi connectivity index (χ0n) is 23.1. The van der Waals surface area contributed by atoms with Crippen LogP contribution >= 0.6 is 11.6 Å². The SMILES string of the molecule is Cc1cc(N)nc(-c2c(Cl)cc3c(N4CC5CCC(C4)N5)nc(OCC4(CN(C)C)CC4)nc3c2F)c1C(F)(F)F. The number of fused-ring (bicyclic) bond motifs is 3. The van der Waals surface area contributed by atoms with Gasteiger partial charge in [-0.1, -0.05) is 11.6 Å². The lowest BCUT2D eigenvalue weighted by atomic mass is 9.99. The summed E-state index contributed by atoms with van der Waals surface area (Å²) in [7, 11) is 3.98. The summed E-state index contributed by atoms with van der Waals surface area (Å²) >= 11 is 6.56. The molecule has 2 aliphatic heterocycles. The molecule has 4 heterocycles. The molecule has 2 aromatic heterocycles. The number of ether oxygens (including phenoxy) is 1. The van der Waals surface area contributed by atoms with Crippen molar-refractivity contribution in [1.82, 2.24) is 25.2 Å². The summed E-state index contributed by atoms with van der Waals surface area (Å²) in [4.78, 5) is 17.2. The van der Waals surface area contributed by atoms with Gasteiger partial charge in [-0.05, 0) is 64.4 Å². The first-order valence-electron chi connectivity index (χ1n) is 13.7. The number of aromatic nitrogens is 3. The van der Waals surface area contributed by atoms with Crippen molar-refractivity contribution >= 4 is 34.1 Å². The number of pyridine rings is 1.